The van der Waals surface area contributed by atoms with Crippen LogP contribution in [-0.4, -0.2) is 0 Å². The van der Waals surface area contributed by atoms with E-state index in [1.807, 2.05) is 48.5 Å². The molecule has 0 spiro atoms. The summed E-state index contributed by atoms with van der Waals surface area (Å²) >= 11 is 0. The van der Waals surface area contributed by atoms with Crippen LogP contribution in [-0.2, 0) is 6.61 Å². The van der Waals surface area contributed by atoms with Crippen LogP contribution in [0.25, 0.3) is 10.8 Å². The largest absolute Gasteiger partial charge is 0.488 e. The van der Waals surface area contributed by atoms with Crippen LogP contribution < -0.4 is 4.74 Å². The molecule has 102 valence electrons. The number of fused-ring (bicyclic) bond motifs is 1. The molecule has 0 bridgehead atoms. The molecule has 0 heterocycles. The zero-order chi connectivity index (χ0) is 14.7. The number of rotatable bonds is 3. The molecular formula is C18H12FNO. The number of hydrogen-bond donors (Lipinski definition) is 0. The molecule has 3 heteroatoms. The summed E-state index contributed by atoms with van der Waals surface area (Å²) < 4.78 is 19.7. The summed E-state index contributed by atoms with van der Waals surface area (Å²) in [6.45, 7) is 0.0926. The van der Waals surface area contributed by atoms with Crippen molar-refractivity contribution in [1.82, 2.24) is 0 Å². The lowest BCUT2D eigenvalue weighted by atomic mass is 10.1. The van der Waals surface area contributed by atoms with Crippen LogP contribution in [0.1, 0.15) is 11.1 Å². The zero-order valence-corrected chi connectivity index (χ0v) is 11.2. The Morgan fingerprint density at radius 3 is 2.57 bits per heavy atom. The number of nitrogens with zero attached hydrogens (tertiary/aromatic N) is 1. The van der Waals surface area contributed by atoms with Crippen molar-refractivity contribution >= 4 is 10.8 Å². The van der Waals surface area contributed by atoms with E-state index in [4.69, 9.17) is 10.00 Å². The van der Waals surface area contributed by atoms with Crippen molar-refractivity contribution in [3.63, 3.8) is 0 Å². The molecule has 0 unspecified atom stereocenters. The van der Waals surface area contributed by atoms with Gasteiger partial charge in [-0.1, -0.05) is 48.5 Å². The van der Waals surface area contributed by atoms with Crippen LogP contribution in [0.15, 0.2) is 60.7 Å². The highest BCUT2D eigenvalue weighted by atomic mass is 19.1. The topological polar surface area (TPSA) is 33.0 Å². The number of ether oxygens (including phenoxy) is 1. The van der Waals surface area contributed by atoms with Gasteiger partial charge in [0.05, 0.1) is 5.56 Å². The molecule has 0 aliphatic rings. The third-order valence-corrected chi connectivity index (χ3v) is 3.33. The van der Waals surface area contributed by atoms with Crippen molar-refractivity contribution in [1.29, 1.82) is 5.26 Å². The molecule has 0 saturated carbocycles. The summed E-state index contributed by atoms with van der Waals surface area (Å²) in [5.41, 5.74) is 0.413. The SMILES string of the molecule is N#Cc1cccc(COc2cccc3ccccc23)c1F. The highest BCUT2D eigenvalue weighted by Gasteiger charge is 2.09. The fourth-order valence-corrected chi connectivity index (χ4v) is 2.25. The fourth-order valence-electron chi connectivity index (χ4n) is 2.25. The van der Waals surface area contributed by atoms with E-state index in [1.54, 1.807) is 12.1 Å². The van der Waals surface area contributed by atoms with Gasteiger partial charge in [-0.05, 0) is 17.5 Å². The molecule has 0 saturated heterocycles. The first-order valence-electron chi connectivity index (χ1n) is 6.57. The van der Waals surface area contributed by atoms with Gasteiger partial charge >= 0.3 is 0 Å². The van der Waals surface area contributed by atoms with Crippen LogP contribution >= 0.6 is 0 Å². The minimum Gasteiger partial charge on any atom is -0.488 e. The van der Waals surface area contributed by atoms with Gasteiger partial charge < -0.3 is 4.74 Å². The second-order valence-corrected chi connectivity index (χ2v) is 4.66. The van der Waals surface area contributed by atoms with Crippen LogP contribution in [0.3, 0.4) is 0 Å². The Hall–Kier alpha value is -2.86. The van der Waals surface area contributed by atoms with E-state index >= 15 is 0 Å². The van der Waals surface area contributed by atoms with Crippen LogP contribution in [0.2, 0.25) is 0 Å². The van der Waals surface area contributed by atoms with Crippen molar-refractivity contribution in [3.8, 4) is 11.8 Å². The normalized spacial score (nSPS) is 10.3. The Morgan fingerprint density at radius 1 is 0.952 bits per heavy atom. The molecule has 0 aliphatic carbocycles. The zero-order valence-electron chi connectivity index (χ0n) is 11.2. The van der Waals surface area contributed by atoms with Crippen molar-refractivity contribution < 1.29 is 9.13 Å². The summed E-state index contributed by atoms with van der Waals surface area (Å²) in [6, 6.07) is 20.2. The molecule has 3 aromatic carbocycles. The third kappa shape index (κ3) is 2.56. The van der Waals surface area contributed by atoms with Gasteiger partial charge in [0.1, 0.15) is 24.2 Å². The molecular weight excluding hydrogens is 265 g/mol. The maximum Gasteiger partial charge on any atom is 0.147 e. The van der Waals surface area contributed by atoms with E-state index in [-0.39, 0.29) is 12.2 Å². The Balaban J connectivity index is 1.89. The summed E-state index contributed by atoms with van der Waals surface area (Å²) in [5, 5.41) is 10.9. The van der Waals surface area contributed by atoms with Gasteiger partial charge in [-0.2, -0.15) is 5.26 Å². The van der Waals surface area contributed by atoms with E-state index in [1.165, 1.54) is 6.07 Å². The molecule has 3 rings (SSSR count). The minimum atomic E-state index is -0.514. The molecule has 0 atom stereocenters. The molecule has 0 radical (unpaired) electrons. The van der Waals surface area contributed by atoms with E-state index < -0.39 is 5.82 Å². The second kappa shape index (κ2) is 5.64. The molecule has 0 aromatic heterocycles. The molecule has 3 aromatic rings. The Morgan fingerprint density at radius 2 is 1.71 bits per heavy atom. The highest BCUT2D eigenvalue weighted by molar-refractivity contribution is 5.88. The predicted octanol–water partition coefficient (Wildman–Crippen LogP) is 4.43. The Kier molecular flexibility index (Phi) is 3.53. The van der Waals surface area contributed by atoms with Crippen LogP contribution in [0.5, 0.6) is 5.75 Å². The average molecular weight is 277 g/mol. The molecule has 2 nitrogen and oxygen atoms in total. The fraction of sp³-hybridized carbons (Fsp3) is 0.0556. The lowest BCUT2D eigenvalue weighted by Crippen LogP contribution is -2.00. The number of hydrogen-bond acceptors (Lipinski definition) is 2. The number of halogens is 1. The lowest BCUT2D eigenvalue weighted by Gasteiger charge is -2.10. The summed E-state index contributed by atoms with van der Waals surface area (Å²) in [6.07, 6.45) is 0. The lowest BCUT2D eigenvalue weighted by molar-refractivity contribution is 0.303. The van der Waals surface area contributed by atoms with Gasteiger partial charge in [0.25, 0.3) is 0 Å². The molecule has 0 N–H and O–H groups in total. The molecule has 0 fully saturated rings. The molecule has 0 amide bonds. The maximum absolute atomic E-state index is 14.0. The highest BCUT2D eigenvalue weighted by Crippen LogP contribution is 2.26. The van der Waals surface area contributed by atoms with Gasteiger partial charge in [0.2, 0.25) is 0 Å². The first-order valence-corrected chi connectivity index (χ1v) is 6.57. The van der Waals surface area contributed by atoms with E-state index in [0.717, 1.165) is 10.8 Å². The number of nitriles is 1. The van der Waals surface area contributed by atoms with Crippen molar-refractivity contribution in [2.45, 2.75) is 6.61 Å². The van der Waals surface area contributed by atoms with E-state index in [9.17, 15) is 4.39 Å². The average Bonchev–Trinajstić information content (AvgIpc) is 2.54. The summed E-state index contributed by atoms with van der Waals surface area (Å²) in [4.78, 5) is 0. The standard InChI is InChI=1S/C18H12FNO/c19-18-14(11-20)7-3-8-15(18)12-21-17-10-4-6-13-5-1-2-9-16(13)17/h1-10H,12H2. The van der Waals surface area contributed by atoms with Gasteiger partial charge in [0.15, 0.2) is 0 Å². The van der Waals surface area contributed by atoms with Gasteiger partial charge in [-0.3, -0.25) is 0 Å². The number of benzene rings is 3. The Bertz CT molecular complexity index is 831. The minimum absolute atomic E-state index is 0.0361. The van der Waals surface area contributed by atoms with E-state index in [2.05, 4.69) is 0 Å². The maximum atomic E-state index is 14.0. The van der Waals surface area contributed by atoms with Crippen LogP contribution in [0.4, 0.5) is 4.39 Å². The Labute approximate surface area is 122 Å². The van der Waals surface area contributed by atoms with E-state index in [0.29, 0.717) is 11.3 Å². The summed E-state index contributed by atoms with van der Waals surface area (Å²) in [5.74, 6) is 0.190. The quantitative estimate of drug-likeness (QED) is 0.709. The van der Waals surface area contributed by atoms with Crippen molar-refractivity contribution in [2.75, 3.05) is 0 Å². The van der Waals surface area contributed by atoms with Gasteiger partial charge in [-0.25, -0.2) is 4.39 Å². The first kappa shape index (κ1) is 13.1. The smallest absolute Gasteiger partial charge is 0.147 e. The third-order valence-electron chi connectivity index (χ3n) is 3.33. The van der Waals surface area contributed by atoms with Gasteiger partial charge in [-0.15, -0.1) is 0 Å². The van der Waals surface area contributed by atoms with Crippen LogP contribution in [0, 0.1) is 17.1 Å². The second-order valence-electron chi connectivity index (χ2n) is 4.66. The van der Waals surface area contributed by atoms with Crippen molar-refractivity contribution in [3.05, 3.63) is 77.6 Å². The van der Waals surface area contributed by atoms with Crippen molar-refractivity contribution in [2.24, 2.45) is 0 Å². The summed E-state index contributed by atoms with van der Waals surface area (Å²) in [7, 11) is 0. The van der Waals surface area contributed by atoms with Gasteiger partial charge in [0, 0.05) is 10.9 Å². The molecule has 21 heavy (non-hydrogen) atoms. The predicted molar refractivity (Wildman–Crippen MR) is 79.4 cm³/mol. The first-order chi connectivity index (χ1) is 10.3. The molecule has 0 aliphatic heterocycles. The monoisotopic (exact) mass is 277 g/mol.